The van der Waals surface area contributed by atoms with E-state index in [2.05, 4.69) is 5.32 Å². The molecule has 10 nitrogen and oxygen atoms in total. The average molecular weight is 351 g/mol. The molecule has 0 radical (unpaired) electrons. The maximum Gasteiger partial charge on any atom is 0.217 e. The van der Waals surface area contributed by atoms with Crippen LogP contribution in [0.4, 0.5) is 0 Å². The van der Waals surface area contributed by atoms with Crippen molar-refractivity contribution in [2.45, 2.75) is 43.9 Å². The summed E-state index contributed by atoms with van der Waals surface area (Å²) in [6.45, 7) is 1.49. The van der Waals surface area contributed by atoms with Gasteiger partial charge in [0.1, 0.15) is 24.4 Å². The van der Waals surface area contributed by atoms with Gasteiger partial charge < -0.3 is 40.8 Å². The Kier molecular flexibility index (Phi) is 6.71. The zero-order chi connectivity index (χ0) is 18.4. The van der Waals surface area contributed by atoms with Gasteiger partial charge in [0, 0.05) is 12.5 Å². The van der Waals surface area contributed by atoms with Crippen LogP contribution in [0.25, 0.3) is 16.0 Å². The van der Waals surface area contributed by atoms with Crippen molar-refractivity contribution in [3.05, 3.63) is 51.9 Å². The van der Waals surface area contributed by atoms with Crippen molar-refractivity contribution in [3.8, 4) is 0 Å². The topological polar surface area (TPSA) is 156 Å². The van der Waals surface area contributed by atoms with E-state index in [-0.39, 0.29) is 12.5 Å². The Morgan fingerprint density at radius 2 is 1.88 bits per heavy atom. The molecule has 6 atom stereocenters. The Hall–Kier alpha value is -2.20. The smallest absolute Gasteiger partial charge is 0.217 e. The molecular weight excluding hydrogens is 332 g/mol. The molecule has 1 aromatic rings. The van der Waals surface area contributed by atoms with Crippen LogP contribution in [0, 0.1) is 0 Å². The molecular formula is C15H19N4O6-. The number of hydrogen-bond acceptors (Lipinski definition) is 6. The second kappa shape index (κ2) is 8.77. The highest BCUT2D eigenvalue weighted by Crippen LogP contribution is 2.33. The summed E-state index contributed by atoms with van der Waals surface area (Å²) in [6.07, 6.45) is -4.29. The third kappa shape index (κ3) is 4.67. The van der Waals surface area contributed by atoms with Gasteiger partial charge in [-0.25, -0.2) is 0 Å². The third-order valence-corrected chi connectivity index (χ3v) is 3.83. The van der Waals surface area contributed by atoms with Gasteiger partial charge in [-0.15, -0.1) is 0 Å². The predicted molar refractivity (Wildman–Crippen MR) is 84.6 cm³/mol. The van der Waals surface area contributed by atoms with E-state index in [9.17, 15) is 15.0 Å². The van der Waals surface area contributed by atoms with Crippen molar-refractivity contribution >= 4 is 5.91 Å². The van der Waals surface area contributed by atoms with Crippen LogP contribution in [0.2, 0.25) is 0 Å². The first kappa shape index (κ1) is 19.1. The normalized spacial score (nSPS) is 33.9. The Labute approximate surface area is 143 Å². The van der Waals surface area contributed by atoms with Gasteiger partial charge in [-0.05, 0) is 0 Å². The van der Waals surface area contributed by atoms with Crippen molar-refractivity contribution in [1.82, 2.24) is 5.32 Å². The maximum absolute atomic E-state index is 11.2. The van der Waals surface area contributed by atoms with E-state index >= 15 is 0 Å². The molecule has 2 aliphatic heterocycles. The van der Waals surface area contributed by atoms with E-state index in [0.29, 0.717) is 0 Å². The number of carbonyl (C=O) groups excluding carboxylic acids is 1. The van der Waals surface area contributed by atoms with Crippen molar-refractivity contribution in [1.29, 1.82) is 0 Å². The second-order valence-electron chi connectivity index (χ2n) is 5.55. The summed E-state index contributed by atoms with van der Waals surface area (Å²) in [5, 5.41) is 22.8. The van der Waals surface area contributed by atoms with E-state index in [1.165, 1.54) is 11.8 Å². The molecule has 2 unspecified atom stereocenters. The Balaban J connectivity index is 0.000000701. The number of fused-ring (bicyclic) bond motifs is 1. The SMILES string of the molecule is CC(=O)N[C@H]1C(O)O[C@@H]2COC(c3ccccc3)O[C@H]2[C@@H]1O.[N-]=[N+]=[N-]. The zero-order valence-corrected chi connectivity index (χ0v) is 13.4. The predicted octanol–water partition coefficient (Wildman–Crippen LogP) is 0.549. The van der Waals surface area contributed by atoms with Gasteiger partial charge in [-0.1, -0.05) is 30.3 Å². The third-order valence-electron chi connectivity index (χ3n) is 3.83. The largest absolute Gasteiger partial charge is 0.388 e. The van der Waals surface area contributed by atoms with Crippen molar-refractivity contribution in [2.24, 2.45) is 0 Å². The number of benzene rings is 1. The maximum atomic E-state index is 11.2. The molecule has 0 aliphatic carbocycles. The van der Waals surface area contributed by atoms with Crippen molar-refractivity contribution < 1.29 is 29.2 Å². The minimum Gasteiger partial charge on any atom is -0.388 e. The molecule has 0 saturated carbocycles. The molecule has 25 heavy (non-hydrogen) atoms. The monoisotopic (exact) mass is 351 g/mol. The molecule has 0 spiro atoms. The lowest BCUT2D eigenvalue weighted by Crippen LogP contribution is -2.66. The molecule has 136 valence electrons. The number of ether oxygens (including phenoxy) is 3. The number of carbonyl (C=O) groups is 1. The van der Waals surface area contributed by atoms with Gasteiger partial charge in [-0.2, -0.15) is 0 Å². The first-order valence-corrected chi connectivity index (χ1v) is 7.57. The molecule has 2 fully saturated rings. The molecule has 2 saturated heterocycles. The van der Waals surface area contributed by atoms with E-state index in [1.807, 2.05) is 30.3 Å². The van der Waals surface area contributed by atoms with Crippen LogP contribution in [-0.2, 0) is 19.0 Å². The highest BCUT2D eigenvalue weighted by molar-refractivity contribution is 5.73. The minimum absolute atomic E-state index is 0.186. The van der Waals surface area contributed by atoms with Crippen LogP contribution in [-0.4, -0.2) is 53.4 Å². The lowest BCUT2D eigenvalue weighted by atomic mass is 9.96. The van der Waals surface area contributed by atoms with Gasteiger partial charge in [-0.3, -0.25) is 9.71 Å². The molecule has 0 bridgehead atoms. The van der Waals surface area contributed by atoms with Gasteiger partial charge in [0.2, 0.25) is 5.91 Å². The summed E-state index contributed by atoms with van der Waals surface area (Å²) in [7, 11) is 0. The Bertz CT molecular complexity index is 609. The van der Waals surface area contributed by atoms with Gasteiger partial charge >= 0.3 is 0 Å². The van der Waals surface area contributed by atoms with Gasteiger partial charge in [0.25, 0.3) is 0 Å². The number of hydrogen-bond donors (Lipinski definition) is 3. The summed E-state index contributed by atoms with van der Waals surface area (Å²) in [5.41, 5.74) is 14.3. The average Bonchev–Trinajstić information content (AvgIpc) is 2.60. The molecule has 10 heteroatoms. The van der Waals surface area contributed by atoms with Crippen LogP contribution < -0.4 is 5.32 Å². The number of aliphatic hydroxyl groups excluding tert-OH is 2. The summed E-state index contributed by atoms with van der Waals surface area (Å²) in [4.78, 5) is 12.7. The van der Waals surface area contributed by atoms with Gasteiger partial charge in [0.15, 0.2) is 12.6 Å². The Morgan fingerprint density at radius 1 is 1.24 bits per heavy atom. The summed E-state index contributed by atoms with van der Waals surface area (Å²) < 4.78 is 16.8. The quantitative estimate of drug-likeness (QED) is 0.401. The van der Waals surface area contributed by atoms with Gasteiger partial charge in [0.05, 0.1) is 6.61 Å². The van der Waals surface area contributed by atoms with E-state index in [0.717, 1.165) is 5.56 Å². The molecule has 3 rings (SSSR count). The first-order chi connectivity index (χ1) is 12.0. The fourth-order valence-electron chi connectivity index (χ4n) is 2.78. The summed E-state index contributed by atoms with van der Waals surface area (Å²) in [5.74, 6) is -0.364. The number of aliphatic hydroxyl groups is 2. The van der Waals surface area contributed by atoms with Crippen LogP contribution in [0.5, 0.6) is 0 Å². The highest BCUT2D eigenvalue weighted by atomic mass is 16.7. The fourth-order valence-corrected chi connectivity index (χ4v) is 2.78. The summed E-state index contributed by atoms with van der Waals surface area (Å²) >= 11 is 0. The van der Waals surface area contributed by atoms with Crippen molar-refractivity contribution in [3.63, 3.8) is 0 Å². The number of nitrogens with one attached hydrogen (secondary N) is 1. The summed E-state index contributed by atoms with van der Waals surface area (Å²) in [6, 6.07) is 8.41. The van der Waals surface area contributed by atoms with Crippen molar-refractivity contribution in [2.75, 3.05) is 6.61 Å². The first-order valence-electron chi connectivity index (χ1n) is 7.57. The standard InChI is InChI=1S/C15H19NO6.N3/c1-8(17)16-11-12(18)13-10(21-14(11)19)7-20-15(22-13)9-5-3-2-4-6-9;1-3-2/h2-6,10-15,18-19H,7H2,1H3,(H,16,17);/q;-1/t10-,11-,12-,13-,14?,15?;/m1./s1. The highest BCUT2D eigenvalue weighted by Gasteiger charge is 2.49. The van der Waals surface area contributed by atoms with E-state index < -0.39 is 36.9 Å². The lowest BCUT2D eigenvalue weighted by molar-refractivity contribution is -0.337. The fraction of sp³-hybridized carbons (Fsp3) is 0.533. The van der Waals surface area contributed by atoms with E-state index in [4.69, 9.17) is 25.3 Å². The Morgan fingerprint density at radius 3 is 2.48 bits per heavy atom. The second-order valence-corrected chi connectivity index (χ2v) is 5.55. The van der Waals surface area contributed by atoms with Crippen LogP contribution in [0.3, 0.4) is 0 Å². The van der Waals surface area contributed by atoms with Crippen LogP contribution >= 0.6 is 0 Å². The van der Waals surface area contributed by atoms with Crippen LogP contribution in [0.15, 0.2) is 30.3 Å². The minimum atomic E-state index is -1.30. The molecule has 2 aliphatic rings. The molecule has 2 heterocycles. The molecule has 0 aromatic heterocycles. The zero-order valence-electron chi connectivity index (χ0n) is 13.4. The number of rotatable bonds is 2. The van der Waals surface area contributed by atoms with Crippen LogP contribution in [0.1, 0.15) is 18.8 Å². The van der Waals surface area contributed by atoms with E-state index in [1.54, 1.807) is 0 Å². The number of nitrogens with zero attached hydrogens (tertiary/aromatic N) is 3. The molecule has 1 aromatic carbocycles. The molecule has 1 amide bonds. The lowest BCUT2D eigenvalue weighted by Gasteiger charge is -2.46. The molecule has 3 N–H and O–H groups in total. The number of amides is 1.